The molecule has 0 saturated heterocycles. The number of methoxy groups -OCH3 is 1. The van der Waals surface area contributed by atoms with Gasteiger partial charge in [-0.15, -0.1) is 0 Å². The van der Waals surface area contributed by atoms with E-state index in [1.54, 1.807) is 36.4 Å². The standard InChI is InChI=1S/C20H23N3O5/c1-3-10-28-16-7-5-15(6-8-16)20(26)21-13-19(25)23-22-12-14-4-9-17(24)18(11-14)27-2/h4-9,11-12,24H,3,10,13H2,1-2H3,(H,21,26)(H,23,25)/b22-12-. The Morgan fingerprint density at radius 2 is 1.93 bits per heavy atom. The largest absolute Gasteiger partial charge is 0.504 e. The fraction of sp³-hybridized carbons (Fsp3) is 0.250. The molecule has 0 heterocycles. The smallest absolute Gasteiger partial charge is 0.259 e. The van der Waals surface area contributed by atoms with Crippen LogP contribution >= 0.6 is 0 Å². The maximum Gasteiger partial charge on any atom is 0.259 e. The van der Waals surface area contributed by atoms with E-state index >= 15 is 0 Å². The SMILES string of the molecule is CCCOc1ccc(C(=O)NCC(=O)N/N=C\c2ccc(O)c(OC)c2)cc1. The van der Waals surface area contributed by atoms with Crippen LogP contribution < -0.4 is 20.2 Å². The van der Waals surface area contributed by atoms with Crippen molar-refractivity contribution in [2.75, 3.05) is 20.3 Å². The van der Waals surface area contributed by atoms with Gasteiger partial charge in [-0.1, -0.05) is 6.92 Å². The van der Waals surface area contributed by atoms with Crippen molar-refractivity contribution in [2.45, 2.75) is 13.3 Å². The molecule has 2 amide bonds. The molecular weight excluding hydrogens is 362 g/mol. The number of hydrogen-bond acceptors (Lipinski definition) is 6. The average molecular weight is 385 g/mol. The zero-order chi connectivity index (χ0) is 20.4. The molecule has 0 atom stereocenters. The Morgan fingerprint density at radius 3 is 2.61 bits per heavy atom. The van der Waals surface area contributed by atoms with Crippen LogP contribution in [0.5, 0.6) is 17.2 Å². The molecule has 0 aliphatic carbocycles. The summed E-state index contributed by atoms with van der Waals surface area (Å²) in [7, 11) is 1.44. The molecule has 2 aromatic carbocycles. The molecule has 0 unspecified atom stereocenters. The number of rotatable bonds is 9. The van der Waals surface area contributed by atoms with Gasteiger partial charge in [0.25, 0.3) is 11.8 Å². The Morgan fingerprint density at radius 1 is 1.18 bits per heavy atom. The number of aromatic hydroxyl groups is 1. The maximum atomic E-state index is 12.1. The number of carbonyl (C=O) groups excluding carboxylic acids is 2. The summed E-state index contributed by atoms with van der Waals surface area (Å²) in [4.78, 5) is 23.9. The summed E-state index contributed by atoms with van der Waals surface area (Å²) in [6, 6.07) is 11.3. The van der Waals surface area contributed by atoms with Crippen LogP contribution in [0, 0.1) is 0 Å². The third-order valence-corrected chi connectivity index (χ3v) is 3.61. The topological polar surface area (TPSA) is 109 Å². The van der Waals surface area contributed by atoms with Gasteiger partial charge >= 0.3 is 0 Å². The van der Waals surface area contributed by atoms with Crippen molar-refractivity contribution in [3.63, 3.8) is 0 Å². The molecule has 2 aromatic rings. The number of hydrazone groups is 1. The fourth-order valence-electron chi connectivity index (χ4n) is 2.18. The molecule has 0 fully saturated rings. The zero-order valence-electron chi connectivity index (χ0n) is 15.8. The summed E-state index contributed by atoms with van der Waals surface area (Å²) in [6.45, 7) is 2.41. The summed E-state index contributed by atoms with van der Waals surface area (Å²) >= 11 is 0. The highest BCUT2D eigenvalue weighted by molar-refractivity contribution is 5.96. The molecule has 0 saturated carbocycles. The first-order chi connectivity index (χ1) is 13.5. The molecule has 0 radical (unpaired) electrons. The Kier molecular flexibility index (Phi) is 7.83. The highest BCUT2D eigenvalue weighted by atomic mass is 16.5. The lowest BCUT2D eigenvalue weighted by atomic mass is 10.2. The zero-order valence-corrected chi connectivity index (χ0v) is 15.8. The minimum Gasteiger partial charge on any atom is -0.504 e. The lowest BCUT2D eigenvalue weighted by Crippen LogP contribution is -2.34. The number of phenols is 1. The van der Waals surface area contributed by atoms with Crippen LogP contribution in [-0.4, -0.2) is 43.4 Å². The summed E-state index contributed by atoms with van der Waals surface area (Å²) in [5.41, 5.74) is 3.37. The first kappa shape index (κ1) is 20.8. The van der Waals surface area contributed by atoms with E-state index in [-0.39, 0.29) is 18.2 Å². The van der Waals surface area contributed by atoms with Gasteiger partial charge in [-0.05, 0) is 54.4 Å². The Labute approximate surface area is 163 Å². The second-order valence-corrected chi connectivity index (χ2v) is 5.78. The quantitative estimate of drug-likeness (QED) is 0.452. The van der Waals surface area contributed by atoms with Crippen molar-refractivity contribution >= 4 is 18.0 Å². The van der Waals surface area contributed by atoms with E-state index in [1.807, 2.05) is 6.92 Å². The summed E-state index contributed by atoms with van der Waals surface area (Å²) < 4.78 is 10.4. The van der Waals surface area contributed by atoms with Crippen LogP contribution in [0.4, 0.5) is 0 Å². The monoisotopic (exact) mass is 385 g/mol. The second-order valence-electron chi connectivity index (χ2n) is 5.78. The number of hydrogen-bond donors (Lipinski definition) is 3. The van der Waals surface area contributed by atoms with E-state index in [1.165, 1.54) is 19.4 Å². The van der Waals surface area contributed by atoms with Gasteiger partial charge < -0.3 is 19.9 Å². The Balaban J connectivity index is 1.79. The number of carbonyl (C=O) groups is 2. The van der Waals surface area contributed by atoms with Crippen LogP contribution in [0.1, 0.15) is 29.3 Å². The predicted molar refractivity (Wildman–Crippen MR) is 105 cm³/mol. The average Bonchev–Trinajstić information content (AvgIpc) is 2.72. The molecule has 28 heavy (non-hydrogen) atoms. The first-order valence-electron chi connectivity index (χ1n) is 8.73. The van der Waals surface area contributed by atoms with Crippen molar-refractivity contribution in [1.82, 2.24) is 10.7 Å². The van der Waals surface area contributed by atoms with Gasteiger partial charge in [0.1, 0.15) is 5.75 Å². The Hall–Kier alpha value is -3.55. The number of nitrogens with zero attached hydrogens (tertiary/aromatic N) is 1. The third-order valence-electron chi connectivity index (χ3n) is 3.61. The number of benzene rings is 2. The summed E-state index contributed by atoms with van der Waals surface area (Å²) in [5.74, 6) is 0.157. The molecule has 0 aromatic heterocycles. The van der Waals surface area contributed by atoms with E-state index < -0.39 is 5.91 Å². The summed E-state index contributed by atoms with van der Waals surface area (Å²) in [6.07, 6.45) is 2.30. The summed E-state index contributed by atoms with van der Waals surface area (Å²) in [5, 5.41) is 15.9. The highest BCUT2D eigenvalue weighted by Crippen LogP contribution is 2.25. The molecule has 3 N–H and O–H groups in total. The molecular formula is C20H23N3O5. The van der Waals surface area contributed by atoms with Crippen LogP contribution in [0.25, 0.3) is 0 Å². The van der Waals surface area contributed by atoms with Crippen molar-refractivity contribution < 1.29 is 24.2 Å². The third kappa shape index (κ3) is 6.31. The van der Waals surface area contributed by atoms with Gasteiger partial charge in [0.15, 0.2) is 11.5 Å². The van der Waals surface area contributed by atoms with Gasteiger partial charge in [0.2, 0.25) is 0 Å². The molecule has 148 valence electrons. The number of ether oxygens (including phenoxy) is 2. The van der Waals surface area contributed by atoms with E-state index in [2.05, 4.69) is 15.8 Å². The van der Waals surface area contributed by atoms with E-state index in [0.717, 1.165) is 6.42 Å². The molecule has 0 spiro atoms. The van der Waals surface area contributed by atoms with Gasteiger partial charge in [-0.25, -0.2) is 5.43 Å². The van der Waals surface area contributed by atoms with Gasteiger partial charge in [0, 0.05) is 5.56 Å². The van der Waals surface area contributed by atoms with E-state index in [4.69, 9.17) is 9.47 Å². The van der Waals surface area contributed by atoms with Gasteiger partial charge in [-0.2, -0.15) is 5.10 Å². The van der Waals surface area contributed by atoms with Crippen molar-refractivity contribution in [3.8, 4) is 17.2 Å². The molecule has 2 rings (SSSR count). The lowest BCUT2D eigenvalue weighted by molar-refractivity contribution is -0.120. The maximum absolute atomic E-state index is 12.1. The van der Waals surface area contributed by atoms with Crippen molar-refractivity contribution in [1.29, 1.82) is 0 Å². The molecule has 8 nitrogen and oxygen atoms in total. The van der Waals surface area contributed by atoms with Gasteiger partial charge in [-0.3, -0.25) is 9.59 Å². The first-order valence-corrected chi connectivity index (χ1v) is 8.73. The molecule has 8 heteroatoms. The highest BCUT2D eigenvalue weighted by Gasteiger charge is 2.08. The van der Waals surface area contributed by atoms with E-state index in [0.29, 0.717) is 29.2 Å². The second kappa shape index (κ2) is 10.6. The lowest BCUT2D eigenvalue weighted by Gasteiger charge is -2.07. The molecule has 0 bridgehead atoms. The predicted octanol–water partition coefficient (Wildman–Crippen LogP) is 2.07. The van der Waals surface area contributed by atoms with E-state index in [9.17, 15) is 14.7 Å². The van der Waals surface area contributed by atoms with Crippen LogP contribution in [0.3, 0.4) is 0 Å². The normalized spacial score (nSPS) is 10.5. The fourth-order valence-corrected chi connectivity index (χ4v) is 2.18. The minimum atomic E-state index is -0.474. The number of nitrogens with one attached hydrogen (secondary N) is 2. The molecule has 0 aliphatic heterocycles. The van der Waals surface area contributed by atoms with Crippen LogP contribution in [-0.2, 0) is 4.79 Å². The Bertz CT molecular complexity index is 834. The minimum absolute atomic E-state index is 0.0105. The number of amides is 2. The van der Waals surface area contributed by atoms with Crippen LogP contribution in [0.2, 0.25) is 0 Å². The van der Waals surface area contributed by atoms with Crippen molar-refractivity contribution in [3.05, 3.63) is 53.6 Å². The van der Waals surface area contributed by atoms with Gasteiger partial charge in [0.05, 0.1) is 26.5 Å². The molecule has 0 aliphatic rings. The van der Waals surface area contributed by atoms with Crippen LogP contribution in [0.15, 0.2) is 47.6 Å². The number of phenolic OH excluding ortho intramolecular Hbond substituents is 1. The van der Waals surface area contributed by atoms with Crippen molar-refractivity contribution in [2.24, 2.45) is 5.10 Å².